The summed E-state index contributed by atoms with van der Waals surface area (Å²) in [7, 11) is -3.36. The van der Waals surface area contributed by atoms with Gasteiger partial charge in [-0.15, -0.1) is 0 Å². The molecule has 0 radical (unpaired) electrons. The standard InChI is InChI=1S/C13H13ClN2O2S/c14-12-9-11(1-2-13(12)15)19(17,18)8-5-10-3-6-16-7-4-10/h1-4,6-7,9H,5,8,15H2. The van der Waals surface area contributed by atoms with Crippen LogP contribution in [0.3, 0.4) is 0 Å². The van der Waals surface area contributed by atoms with Crippen molar-refractivity contribution in [3.63, 3.8) is 0 Å². The average Bonchev–Trinajstić information content (AvgIpc) is 2.41. The Balaban J connectivity index is 2.16. The molecule has 100 valence electrons. The summed E-state index contributed by atoms with van der Waals surface area (Å²) in [5.74, 6) is 0.0251. The second-order valence-corrected chi connectivity index (χ2v) is 6.62. The van der Waals surface area contributed by atoms with Crippen molar-refractivity contribution in [3.8, 4) is 0 Å². The molecule has 19 heavy (non-hydrogen) atoms. The molecule has 4 nitrogen and oxygen atoms in total. The van der Waals surface area contributed by atoms with E-state index in [1.807, 2.05) is 0 Å². The number of sulfone groups is 1. The highest BCUT2D eigenvalue weighted by atomic mass is 35.5. The van der Waals surface area contributed by atoms with Gasteiger partial charge in [0, 0.05) is 12.4 Å². The molecule has 0 atom stereocenters. The highest BCUT2D eigenvalue weighted by molar-refractivity contribution is 7.91. The lowest BCUT2D eigenvalue weighted by Gasteiger charge is -2.06. The molecule has 0 spiro atoms. The van der Waals surface area contributed by atoms with Crippen LogP contribution < -0.4 is 5.73 Å². The van der Waals surface area contributed by atoms with Crippen LogP contribution in [-0.4, -0.2) is 19.2 Å². The van der Waals surface area contributed by atoms with E-state index in [0.29, 0.717) is 12.1 Å². The zero-order valence-corrected chi connectivity index (χ0v) is 11.7. The van der Waals surface area contributed by atoms with Crippen LogP contribution in [0.1, 0.15) is 5.56 Å². The zero-order chi connectivity index (χ0) is 13.9. The average molecular weight is 297 g/mol. The molecule has 0 unspecified atom stereocenters. The van der Waals surface area contributed by atoms with Crippen LogP contribution in [0.15, 0.2) is 47.6 Å². The van der Waals surface area contributed by atoms with Gasteiger partial charge in [-0.3, -0.25) is 4.98 Å². The van der Waals surface area contributed by atoms with Gasteiger partial charge in [-0.2, -0.15) is 0 Å². The zero-order valence-electron chi connectivity index (χ0n) is 10.1. The Bertz CT molecular complexity index is 672. The van der Waals surface area contributed by atoms with Gasteiger partial charge in [-0.25, -0.2) is 8.42 Å². The summed E-state index contributed by atoms with van der Waals surface area (Å²) in [6.07, 6.45) is 3.72. The first-order valence-electron chi connectivity index (χ1n) is 5.66. The van der Waals surface area contributed by atoms with Gasteiger partial charge < -0.3 is 5.73 Å². The molecule has 6 heteroatoms. The van der Waals surface area contributed by atoms with Crippen LogP contribution in [0, 0.1) is 0 Å². The molecule has 0 aliphatic rings. The van der Waals surface area contributed by atoms with Gasteiger partial charge in [-0.1, -0.05) is 11.6 Å². The van der Waals surface area contributed by atoms with Gasteiger partial charge in [0.1, 0.15) is 0 Å². The summed E-state index contributed by atoms with van der Waals surface area (Å²) in [5, 5.41) is 0.255. The van der Waals surface area contributed by atoms with Crippen molar-refractivity contribution >= 4 is 27.1 Å². The minimum absolute atomic E-state index is 0.0251. The molecule has 2 rings (SSSR count). The van der Waals surface area contributed by atoms with Crippen molar-refractivity contribution in [1.82, 2.24) is 4.98 Å². The quantitative estimate of drug-likeness (QED) is 0.879. The minimum Gasteiger partial charge on any atom is -0.398 e. The van der Waals surface area contributed by atoms with E-state index in [1.165, 1.54) is 18.2 Å². The van der Waals surface area contributed by atoms with Gasteiger partial charge in [0.15, 0.2) is 9.84 Å². The highest BCUT2D eigenvalue weighted by Gasteiger charge is 2.15. The van der Waals surface area contributed by atoms with Gasteiger partial charge in [0.25, 0.3) is 0 Å². The Kier molecular flexibility index (Phi) is 4.07. The highest BCUT2D eigenvalue weighted by Crippen LogP contribution is 2.23. The molecule has 0 aliphatic carbocycles. The van der Waals surface area contributed by atoms with E-state index < -0.39 is 9.84 Å². The second-order valence-electron chi connectivity index (χ2n) is 4.11. The number of hydrogen-bond acceptors (Lipinski definition) is 4. The topological polar surface area (TPSA) is 73.1 Å². The van der Waals surface area contributed by atoms with E-state index in [-0.39, 0.29) is 15.7 Å². The Morgan fingerprint density at radius 3 is 2.47 bits per heavy atom. The van der Waals surface area contributed by atoms with Crippen molar-refractivity contribution < 1.29 is 8.42 Å². The lowest BCUT2D eigenvalue weighted by atomic mass is 10.2. The predicted octanol–water partition coefficient (Wildman–Crippen LogP) is 2.33. The fourth-order valence-corrected chi connectivity index (χ4v) is 3.18. The largest absolute Gasteiger partial charge is 0.398 e. The van der Waals surface area contributed by atoms with Crippen molar-refractivity contribution in [2.45, 2.75) is 11.3 Å². The van der Waals surface area contributed by atoms with E-state index in [9.17, 15) is 8.42 Å². The number of halogens is 1. The molecule has 0 saturated carbocycles. The van der Waals surface area contributed by atoms with Crippen LogP contribution in [0.4, 0.5) is 5.69 Å². The fourth-order valence-electron chi connectivity index (χ4n) is 1.62. The number of pyridine rings is 1. The summed E-state index contributed by atoms with van der Waals surface area (Å²) in [5.41, 5.74) is 6.86. The number of aromatic nitrogens is 1. The van der Waals surface area contributed by atoms with E-state index in [2.05, 4.69) is 4.98 Å². The number of aryl methyl sites for hydroxylation is 1. The molecule has 0 fully saturated rings. The number of hydrogen-bond donors (Lipinski definition) is 1. The fraction of sp³-hybridized carbons (Fsp3) is 0.154. The van der Waals surface area contributed by atoms with Crippen molar-refractivity contribution in [2.75, 3.05) is 11.5 Å². The predicted molar refractivity (Wildman–Crippen MR) is 75.9 cm³/mol. The molecule has 0 amide bonds. The maximum Gasteiger partial charge on any atom is 0.178 e. The molecule has 1 aromatic heterocycles. The summed E-state index contributed by atoms with van der Waals surface area (Å²) < 4.78 is 24.3. The van der Waals surface area contributed by atoms with Crippen molar-refractivity contribution in [3.05, 3.63) is 53.3 Å². The number of anilines is 1. The van der Waals surface area contributed by atoms with E-state index in [1.54, 1.807) is 24.5 Å². The summed E-state index contributed by atoms with van der Waals surface area (Å²) >= 11 is 5.84. The van der Waals surface area contributed by atoms with Crippen LogP contribution in [0.2, 0.25) is 5.02 Å². The smallest absolute Gasteiger partial charge is 0.178 e. The first-order chi connectivity index (χ1) is 8.99. The van der Waals surface area contributed by atoms with Crippen molar-refractivity contribution in [2.24, 2.45) is 0 Å². The lowest BCUT2D eigenvalue weighted by molar-refractivity contribution is 0.595. The van der Waals surface area contributed by atoms with Crippen LogP contribution >= 0.6 is 11.6 Å². The molecule has 1 aromatic carbocycles. The van der Waals surface area contributed by atoms with Gasteiger partial charge >= 0.3 is 0 Å². The van der Waals surface area contributed by atoms with Gasteiger partial charge in [0.05, 0.1) is 21.4 Å². The maximum absolute atomic E-state index is 12.2. The summed E-state index contributed by atoms with van der Waals surface area (Å²) in [6.45, 7) is 0. The molecule has 2 aromatic rings. The van der Waals surface area contributed by atoms with Crippen LogP contribution in [0.5, 0.6) is 0 Å². The molecule has 0 saturated heterocycles. The summed E-state index contributed by atoms with van der Waals surface area (Å²) in [4.78, 5) is 4.08. The first kappa shape index (κ1) is 13.8. The maximum atomic E-state index is 12.2. The number of rotatable bonds is 4. The van der Waals surface area contributed by atoms with Crippen LogP contribution in [-0.2, 0) is 16.3 Å². The van der Waals surface area contributed by atoms with Gasteiger partial charge in [0.2, 0.25) is 0 Å². The monoisotopic (exact) mass is 296 g/mol. The third kappa shape index (κ3) is 3.45. The van der Waals surface area contributed by atoms with Gasteiger partial charge in [-0.05, 0) is 42.3 Å². The molecule has 0 bridgehead atoms. The minimum atomic E-state index is -3.36. The number of nitrogens with two attached hydrogens (primary N) is 1. The third-order valence-corrected chi connectivity index (χ3v) is 4.78. The Morgan fingerprint density at radius 1 is 1.16 bits per heavy atom. The molecular weight excluding hydrogens is 284 g/mol. The third-order valence-electron chi connectivity index (χ3n) is 2.74. The normalized spacial score (nSPS) is 11.4. The Hall–Kier alpha value is -1.59. The molecular formula is C13H13ClN2O2S. The van der Waals surface area contributed by atoms with E-state index in [0.717, 1.165) is 5.56 Å². The Morgan fingerprint density at radius 2 is 1.84 bits per heavy atom. The SMILES string of the molecule is Nc1ccc(S(=O)(=O)CCc2ccncc2)cc1Cl. The molecule has 1 heterocycles. The number of benzene rings is 1. The summed E-state index contributed by atoms with van der Waals surface area (Å²) in [6, 6.07) is 7.96. The molecule has 0 aliphatic heterocycles. The number of nitrogens with zero attached hydrogens (tertiary/aromatic N) is 1. The second kappa shape index (κ2) is 5.59. The molecule has 2 N–H and O–H groups in total. The number of nitrogen functional groups attached to an aromatic ring is 1. The lowest BCUT2D eigenvalue weighted by Crippen LogP contribution is -2.09. The van der Waals surface area contributed by atoms with E-state index >= 15 is 0 Å². The van der Waals surface area contributed by atoms with Crippen molar-refractivity contribution in [1.29, 1.82) is 0 Å². The van der Waals surface area contributed by atoms with Crippen LogP contribution in [0.25, 0.3) is 0 Å². The Labute approximate surface area is 117 Å². The first-order valence-corrected chi connectivity index (χ1v) is 7.69. The van der Waals surface area contributed by atoms with E-state index in [4.69, 9.17) is 17.3 Å².